The molecule has 18 heavy (non-hydrogen) atoms. The lowest BCUT2D eigenvalue weighted by Crippen LogP contribution is -2.00. The maximum Gasteiger partial charge on any atom is 0.155 e. The van der Waals surface area contributed by atoms with Crippen LogP contribution < -0.4 is 0 Å². The number of nitrogens with zero attached hydrogens (tertiary/aromatic N) is 2. The van der Waals surface area contributed by atoms with Crippen LogP contribution in [0.3, 0.4) is 0 Å². The molecule has 0 bridgehead atoms. The molecule has 88 valence electrons. The van der Waals surface area contributed by atoms with Gasteiger partial charge < -0.3 is 0 Å². The minimum absolute atomic E-state index is 0.0423. The number of imidazole rings is 1. The van der Waals surface area contributed by atoms with Crippen molar-refractivity contribution in [2.45, 2.75) is 0 Å². The zero-order valence-electron chi connectivity index (χ0n) is 9.38. The molecular formula is C14H9FN2O. The molecule has 0 aliphatic carbocycles. The Balaban J connectivity index is 2.33. The fraction of sp³-hybridized carbons (Fsp3) is 0. The van der Waals surface area contributed by atoms with Crippen molar-refractivity contribution in [2.75, 3.05) is 0 Å². The largest absolute Gasteiger partial charge is 0.298 e. The average molecular weight is 240 g/mol. The van der Waals surface area contributed by atoms with E-state index in [1.165, 1.54) is 6.07 Å². The fourth-order valence-corrected chi connectivity index (χ4v) is 2.00. The molecule has 4 heteroatoms. The molecule has 0 saturated heterocycles. The van der Waals surface area contributed by atoms with Crippen molar-refractivity contribution in [3.63, 3.8) is 0 Å². The zero-order chi connectivity index (χ0) is 12.5. The molecule has 0 amide bonds. The van der Waals surface area contributed by atoms with Gasteiger partial charge in [0.2, 0.25) is 0 Å². The van der Waals surface area contributed by atoms with E-state index in [2.05, 4.69) is 4.98 Å². The molecule has 3 nitrogen and oxygen atoms in total. The molecule has 0 radical (unpaired) electrons. The van der Waals surface area contributed by atoms with Gasteiger partial charge in [-0.15, -0.1) is 0 Å². The van der Waals surface area contributed by atoms with Gasteiger partial charge in [0.05, 0.1) is 22.3 Å². The number of benzene rings is 2. The lowest BCUT2D eigenvalue weighted by Gasteiger charge is -2.07. The minimum Gasteiger partial charge on any atom is -0.298 e. The molecule has 0 saturated carbocycles. The topological polar surface area (TPSA) is 34.9 Å². The molecule has 1 heterocycles. The van der Waals surface area contributed by atoms with Crippen molar-refractivity contribution < 1.29 is 9.18 Å². The van der Waals surface area contributed by atoms with Crippen molar-refractivity contribution in [2.24, 2.45) is 0 Å². The third kappa shape index (κ3) is 1.50. The van der Waals surface area contributed by atoms with Crippen LogP contribution >= 0.6 is 0 Å². The number of aromatic nitrogens is 2. The van der Waals surface area contributed by atoms with Gasteiger partial charge in [-0.2, -0.15) is 0 Å². The molecule has 0 spiro atoms. The van der Waals surface area contributed by atoms with Crippen LogP contribution in [-0.4, -0.2) is 15.8 Å². The Bertz CT molecular complexity index is 733. The highest BCUT2D eigenvalue weighted by atomic mass is 19.1. The summed E-state index contributed by atoms with van der Waals surface area (Å²) in [6.07, 6.45) is 2.12. The van der Waals surface area contributed by atoms with Crippen LogP contribution in [-0.2, 0) is 0 Å². The van der Waals surface area contributed by atoms with Crippen LogP contribution in [0, 0.1) is 5.82 Å². The Morgan fingerprint density at radius 2 is 1.94 bits per heavy atom. The van der Waals surface area contributed by atoms with Gasteiger partial charge in [-0.1, -0.05) is 18.2 Å². The summed E-state index contributed by atoms with van der Waals surface area (Å²) in [4.78, 5) is 15.2. The van der Waals surface area contributed by atoms with E-state index in [0.717, 1.165) is 11.0 Å². The summed E-state index contributed by atoms with van der Waals surface area (Å²) in [5.41, 5.74) is 2.18. The van der Waals surface area contributed by atoms with Gasteiger partial charge in [0, 0.05) is 0 Å². The molecule has 2 aromatic carbocycles. The predicted octanol–water partition coefficient (Wildman–Crippen LogP) is 2.98. The number of aldehydes is 1. The maximum absolute atomic E-state index is 13.6. The fourth-order valence-electron chi connectivity index (χ4n) is 2.00. The molecule has 0 aliphatic rings. The van der Waals surface area contributed by atoms with E-state index in [4.69, 9.17) is 0 Å². The van der Waals surface area contributed by atoms with Gasteiger partial charge in [-0.3, -0.25) is 9.36 Å². The molecule has 3 aromatic rings. The monoisotopic (exact) mass is 240 g/mol. The van der Waals surface area contributed by atoms with Crippen molar-refractivity contribution in [1.82, 2.24) is 9.55 Å². The second kappa shape index (κ2) is 4.07. The summed E-state index contributed by atoms with van der Waals surface area (Å²) in [7, 11) is 0. The number of carbonyl (C=O) groups is 1. The Morgan fingerprint density at radius 1 is 1.11 bits per heavy atom. The summed E-state index contributed by atoms with van der Waals surface area (Å²) >= 11 is 0. The first-order valence-electron chi connectivity index (χ1n) is 5.47. The van der Waals surface area contributed by atoms with E-state index in [1.807, 2.05) is 24.3 Å². The Labute approximate surface area is 103 Å². The third-order valence-corrected chi connectivity index (χ3v) is 2.86. The average Bonchev–Trinajstić information content (AvgIpc) is 2.82. The number of halogens is 1. The van der Waals surface area contributed by atoms with Gasteiger partial charge in [0.1, 0.15) is 12.1 Å². The molecule has 1 aromatic heterocycles. The van der Waals surface area contributed by atoms with Crippen molar-refractivity contribution in [1.29, 1.82) is 0 Å². The Morgan fingerprint density at radius 3 is 2.78 bits per heavy atom. The van der Waals surface area contributed by atoms with Gasteiger partial charge >= 0.3 is 0 Å². The van der Waals surface area contributed by atoms with E-state index < -0.39 is 5.82 Å². The summed E-state index contributed by atoms with van der Waals surface area (Å²) in [5.74, 6) is -0.528. The SMILES string of the molecule is O=Cc1c(F)cccc1-n1cnc2ccccc21. The van der Waals surface area contributed by atoms with Crippen molar-refractivity contribution >= 4 is 17.3 Å². The second-order valence-electron chi connectivity index (χ2n) is 3.89. The lowest BCUT2D eigenvalue weighted by molar-refractivity contribution is 0.112. The van der Waals surface area contributed by atoms with E-state index >= 15 is 0 Å². The number of carbonyl (C=O) groups excluding carboxylic acids is 1. The van der Waals surface area contributed by atoms with Gasteiger partial charge in [-0.25, -0.2) is 9.37 Å². The second-order valence-corrected chi connectivity index (χ2v) is 3.89. The van der Waals surface area contributed by atoms with E-state index in [9.17, 15) is 9.18 Å². The van der Waals surface area contributed by atoms with Crippen LogP contribution in [0.5, 0.6) is 0 Å². The van der Waals surface area contributed by atoms with Gasteiger partial charge in [-0.05, 0) is 24.3 Å². The summed E-state index contributed by atoms with van der Waals surface area (Å²) in [6, 6.07) is 12.0. The number of fused-ring (bicyclic) bond motifs is 1. The van der Waals surface area contributed by atoms with Gasteiger partial charge in [0.25, 0.3) is 0 Å². The normalized spacial score (nSPS) is 10.7. The van der Waals surface area contributed by atoms with Crippen molar-refractivity contribution in [3.8, 4) is 5.69 Å². The summed E-state index contributed by atoms with van der Waals surface area (Å²) in [5, 5.41) is 0. The smallest absolute Gasteiger partial charge is 0.155 e. The molecule has 0 N–H and O–H groups in total. The van der Waals surface area contributed by atoms with Crippen LogP contribution in [0.4, 0.5) is 4.39 Å². The van der Waals surface area contributed by atoms with E-state index in [0.29, 0.717) is 12.0 Å². The van der Waals surface area contributed by atoms with Crippen LogP contribution in [0.2, 0.25) is 0 Å². The van der Waals surface area contributed by atoms with E-state index in [1.54, 1.807) is 23.0 Å². The standard InChI is InChI=1S/C14H9FN2O/c15-11-4-3-7-13(10(11)8-18)17-9-16-12-5-1-2-6-14(12)17/h1-9H. The molecule has 0 fully saturated rings. The van der Waals surface area contributed by atoms with Crippen LogP contribution in [0.15, 0.2) is 48.8 Å². The summed E-state index contributed by atoms with van der Waals surface area (Å²) < 4.78 is 15.3. The lowest BCUT2D eigenvalue weighted by atomic mass is 10.1. The maximum atomic E-state index is 13.6. The highest BCUT2D eigenvalue weighted by Crippen LogP contribution is 2.21. The molecule has 3 rings (SSSR count). The number of para-hydroxylation sites is 2. The molecule has 0 aliphatic heterocycles. The molecule has 0 atom stereocenters. The molecule has 0 unspecified atom stereocenters. The first-order valence-corrected chi connectivity index (χ1v) is 5.47. The molecular weight excluding hydrogens is 231 g/mol. The minimum atomic E-state index is -0.528. The zero-order valence-corrected chi connectivity index (χ0v) is 9.38. The number of hydrogen-bond donors (Lipinski definition) is 0. The van der Waals surface area contributed by atoms with Crippen molar-refractivity contribution in [3.05, 3.63) is 60.2 Å². The highest BCUT2D eigenvalue weighted by molar-refractivity contribution is 5.84. The van der Waals surface area contributed by atoms with Crippen LogP contribution in [0.1, 0.15) is 10.4 Å². The summed E-state index contributed by atoms with van der Waals surface area (Å²) in [6.45, 7) is 0. The highest BCUT2D eigenvalue weighted by Gasteiger charge is 2.11. The van der Waals surface area contributed by atoms with Crippen LogP contribution in [0.25, 0.3) is 16.7 Å². The quantitative estimate of drug-likeness (QED) is 0.645. The predicted molar refractivity (Wildman–Crippen MR) is 66.4 cm³/mol. The van der Waals surface area contributed by atoms with E-state index in [-0.39, 0.29) is 5.56 Å². The Hall–Kier alpha value is -2.49. The Kier molecular flexibility index (Phi) is 2.41. The van der Waals surface area contributed by atoms with Gasteiger partial charge in [0.15, 0.2) is 6.29 Å². The first-order chi connectivity index (χ1) is 8.81. The number of hydrogen-bond acceptors (Lipinski definition) is 2. The number of rotatable bonds is 2. The first kappa shape index (κ1) is 10.7. The third-order valence-electron chi connectivity index (χ3n) is 2.86.